The van der Waals surface area contributed by atoms with Gasteiger partial charge in [-0.05, 0) is 6.92 Å². The molecule has 0 aromatic carbocycles. The van der Waals surface area contributed by atoms with Crippen molar-refractivity contribution in [1.82, 2.24) is 4.98 Å². The van der Waals surface area contributed by atoms with Crippen LogP contribution in [0.5, 0.6) is 0 Å². The van der Waals surface area contributed by atoms with Gasteiger partial charge in [-0.2, -0.15) is 4.39 Å². The van der Waals surface area contributed by atoms with Gasteiger partial charge >= 0.3 is 0 Å². The Balaban J connectivity index is 2.91. The van der Waals surface area contributed by atoms with E-state index in [0.29, 0.717) is 16.2 Å². The van der Waals surface area contributed by atoms with Gasteiger partial charge in [-0.3, -0.25) is 0 Å². The Kier molecular flexibility index (Phi) is 2.11. The maximum Gasteiger partial charge on any atom is 0.227 e. The average Bonchev–Trinajstić information content (AvgIpc) is 2.13. The van der Waals surface area contributed by atoms with Crippen molar-refractivity contribution in [2.75, 3.05) is 0 Å². The third-order valence-corrected chi connectivity index (χ3v) is 1.99. The Morgan fingerprint density at radius 1 is 1.80 bits per heavy atom. The monoisotopic (exact) mass is 159 g/mol. The summed E-state index contributed by atoms with van der Waals surface area (Å²) in [6.07, 6.45) is 0.813. The van der Waals surface area contributed by atoms with E-state index in [1.807, 2.05) is 0 Å². The molecule has 1 heterocycles. The Bertz CT molecular complexity index is 246. The number of halogens is 1. The van der Waals surface area contributed by atoms with Gasteiger partial charge in [0.05, 0.1) is 9.88 Å². The maximum atomic E-state index is 12.5. The molecule has 1 aromatic rings. The second-order valence-electron chi connectivity index (χ2n) is 1.82. The molecule has 0 radical (unpaired) electrons. The van der Waals surface area contributed by atoms with Crippen LogP contribution in [-0.2, 0) is 11.2 Å². The van der Waals surface area contributed by atoms with E-state index >= 15 is 0 Å². The molecule has 2 nitrogen and oxygen atoms in total. The van der Waals surface area contributed by atoms with Crippen LogP contribution in [0.1, 0.15) is 9.88 Å². The maximum absolute atomic E-state index is 12.5. The number of carbonyl (C=O) groups excluding carboxylic acids is 1. The van der Waals surface area contributed by atoms with Crippen molar-refractivity contribution in [1.29, 1.82) is 0 Å². The van der Waals surface area contributed by atoms with E-state index in [9.17, 15) is 9.18 Å². The number of aldehydes is 1. The molecule has 54 valence electrons. The summed E-state index contributed by atoms with van der Waals surface area (Å²) in [6, 6.07) is 0. The third kappa shape index (κ3) is 1.39. The molecular weight excluding hydrogens is 153 g/mol. The lowest BCUT2D eigenvalue weighted by Gasteiger charge is -1.81. The first-order valence-electron chi connectivity index (χ1n) is 2.79. The van der Waals surface area contributed by atoms with Gasteiger partial charge in [0.25, 0.3) is 0 Å². The Labute approximate surface area is 61.7 Å². The summed E-state index contributed by atoms with van der Waals surface area (Å²) < 4.78 is 12.5. The normalized spacial score (nSPS) is 9.80. The molecular formula is C6H6FNOS. The summed E-state index contributed by atoms with van der Waals surface area (Å²) in [6.45, 7) is 1.71. The zero-order chi connectivity index (χ0) is 7.56. The van der Waals surface area contributed by atoms with E-state index in [0.717, 1.165) is 0 Å². The number of nitrogens with zero attached hydrogens (tertiary/aromatic N) is 1. The second kappa shape index (κ2) is 2.88. The minimum atomic E-state index is -0.505. The average molecular weight is 159 g/mol. The highest BCUT2D eigenvalue weighted by Gasteiger charge is 2.06. The molecule has 0 bridgehead atoms. The number of hydrogen-bond acceptors (Lipinski definition) is 3. The van der Waals surface area contributed by atoms with Crippen LogP contribution in [0.4, 0.5) is 4.39 Å². The molecule has 0 spiro atoms. The summed E-state index contributed by atoms with van der Waals surface area (Å²) in [7, 11) is 0. The fourth-order valence-corrected chi connectivity index (χ4v) is 1.41. The molecule has 1 rings (SSSR count). The summed E-state index contributed by atoms with van der Waals surface area (Å²) >= 11 is 1.22. The van der Waals surface area contributed by atoms with Crippen LogP contribution in [0.3, 0.4) is 0 Å². The molecule has 0 unspecified atom stereocenters. The van der Waals surface area contributed by atoms with Gasteiger partial charge in [-0.1, -0.05) is 0 Å². The molecule has 4 heteroatoms. The number of thiazole rings is 1. The fourth-order valence-electron chi connectivity index (χ4n) is 0.645. The van der Waals surface area contributed by atoms with Crippen molar-refractivity contribution in [3.63, 3.8) is 0 Å². The van der Waals surface area contributed by atoms with Gasteiger partial charge in [-0.25, -0.2) is 4.98 Å². The highest BCUT2D eigenvalue weighted by Crippen LogP contribution is 2.15. The molecule has 0 aliphatic rings. The van der Waals surface area contributed by atoms with Crippen LogP contribution in [0.2, 0.25) is 0 Å². The molecule has 0 N–H and O–H groups in total. The zero-order valence-electron chi connectivity index (χ0n) is 5.43. The molecule has 0 atom stereocenters. The lowest BCUT2D eigenvalue weighted by Crippen LogP contribution is -1.84. The Morgan fingerprint density at radius 2 is 2.50 bits per heavy atom. The van der Waals surface area contributed by atoms with Gasteiger partial charge in [0.1, 0.15) is 6.29 Å². The van der Waals surface area contributed by atoms with E-state index < -0.39 is 5.95 Å². The molecule has 10 heavy (non-hydrogen) atoms. The lowest BCUT2D eigenvalue weighted by atomic mass is 10.4. The first kappa shape index (κ1) is 7.34. The van der Waals surface area contributed by atoms with E-state index in [4.69, 9.17) is 0 Å². The summed E-state index contributed by atoms with van der Waals surface area (Å²) in [5.41, 5.74) is 0. The topological polar surface area (TPSA) is 30.0 Å². The molecule has 0 amide bonds. The highest BCUT2D eigenvalue weighted by atomic mass is 32.1. The number of aromatic nitrogens is 1. The van der Waals surface area contributed by atoms with Crippen molar-refractivity contribution < 1.29 is 9.18 Å². The van der Waals surface area contributed by atoms with Crippen LogP contribution in [0.15, 0.2) is 0 Å². The zero-order valence-corrected chi connectivity index (χ0v) is 6.24. The summed E-state index contributed by atoms with van der Waals surface area (Å²) in [5, 5.41) is 0.661. The van der Waals surface area contributed by atoms with E-state index in [2.05, 4.69) is 4.98 Å². The van der Waals surface area contributed by atoms with Gasteiger partial charge < -0.3 is 4.79 Å². The fraction of sp³-hybridized carbons (Fsp3) is 0.333. The van der Waals surface area contributed by atoms with Crippen molar-refractivity contribution >= 4 is 17.6 Å². The lowest BCUT2D eigenvalue weighted by molar-refractivity contribution is -0.107. The minimum absolute atomic E-state index is 0.136. The predicted molar refractivity (Wildman–Crippen MR) is 36.6 cm³/mol. The number of carbonyl (C=O) groups is 1. The predicted octanol–water partition coefficient (Wildman–Crippen LogP) is 1.33. The number of rotatable bonds is 2. The minimum Gasteiger partial charge on any atom is -0.303 e. The molecule has 1 aromatic heterocycles. The van der Waals surface area contributed by atoms with Crippen LogP contribution < -0.4 is 0 Å². The molecule has 0 fully saturated rings. The molecule has 0 aliphatic heterocycles. The van der Waals surface area contributed by atoms with Crippen molar-refractivity contribution in [2.24, 2.45) is 0 Å². The molecule has 0 saturated heterocycles. The van der Waals surface area contributed by atoms with E-state index in [-0.39, 0.29) is 6.42 Å². The van der Waals surface area contributed by atoms with Crippen molar-refractivity contribution in [3.8, 4) is 0 Å². The summed E-state index contributed by atoms with van der Waals surface area (Å²) in [5.74, 6) is -0.505. The number of aryl methyl sites for hydroxylation is 1. The van der Waals surface area contributed by atoms with Crippen LogP contribution in [0.25, 0.3) is 0 Å². The van der Waals surface area contributed by atoms with Gasteiger partial charge in [0, 0.05) is 6.42 Å². The van der Waals surface area contributed by atoms with Crippen molar-refractivity contribution in [2.45, 2.75) is 13.3 Å². The van der Waals surface area contributed by atoms with Crippen LogP contribution >= 0.6 is 11.3 Å². The quantitative estimate of drug-likeness (QED) is 0.609. The van der Waals surface area contributed by atoms with Crippen LogP contribution in [-0.4, -0.2) is 11.3 Å². The Morgan fingerprint density at radius 3 is 2.90 bits per heavy atom. The largest absolute Gasteiger partial charge is 0.303 e. The second-order valence-corrected chi connectivity index (χ2v) is 3.11. The van der Waals surface area contributed by atoms with Crippen molar-refractivity contribution in [3.05, 3.63) is 15.8 Å². The van der Waals surface area contributed by atoms with E-state index in [1.165, 1.54) is 11.3 Å². The smallest absolute Gasteiger partial charge is 0.227 e. The third-order valence-electron chi connectivity index (χ3n) is 1.03. The SMILES string of the molecule is Cc1nc(F)c(CC=O)s1. The van der Waals surface area contributed by atoms with E-state index in [1.54, 1.807) is 6.92 Å². The Hall–Kier alpha value is -0.770. The van der Waals surface area contributed by atoms with Gasteiger partial charge in [-0.15, -0.1) is 11.3 Å². The molecule has 0 saturated carbocycles. The first-order chi connectivity index (χ1) is 4.74. The van der Waals surface area contributed by atoms with Crippen LogP contribution in [0, 0.1) is 12.9 Å². The first-order valence-corrected chi connectivity index (χ1v) is 3.61. The summed E-state index contributed by atoms with van der Waals surface area (Å²) in [4.78, 5) is 13.9. The number of hydrogen-bond donors (Lipinski definition) is 0. The standard InChI is InChI=1S/C6H6FNOS/c1-4-8-6(7)5(10-4)2-3-9/h3H,2H2,1H3. The van der Waals surface area contributed by atoms with Gasteiger partial charge in [0.2, 0.25) is 5.95 Å². The van der Waals surface area contributed by atoms with Gasteiger partial charge in [0.15, 0.2) is 0 Å². The highest BCUT2D eigenvalue weighted by molar-refractivity contribution is 7.11. The molecule has 0 aliphatic carbocycles.